The third-order valence-corrected chi connectivity index (χ3v) is 5.59. The number of nitrogens with one attached hydrogen (secondary N) is 2. The Balaban J connectivity index is 1.47. The van der Waals surface area contributed by atoms with Gasteiger partial charge in [-0.15, -0.1) is 0 Å². The molecule has 0 aromatic heterocycles. The molecule has 8 heteroatoms. The van der Waals surface area contributed by atoms with Crippen LogP contribution in [0.5, 0.6) is 11.5 Å². The maximum Gasteiger partial charge on any atom is 0.257 e. The van der Waals surface area contributed by atoms with Crippen molar-refractivity contribution in [3.8, 4) is 11.5 Å². The summed E-state index contributed by atoms with van der Waals surface area (Å²) in [6, 6.07) is 7.25. The lowest BCUT2D eigenvalue weighted by atomic mass is 10.0. The van der Waals surface area contributed by atoms with Gasteiger partial charge in [0.1, 0.15) is 23.2 Å². The quantitative estimate of drug-likeness (QED) is 0.737. The Morgan fingerprint density at radius 3 is 2.29 bits per heavy atom. The fourth-order valence-electron chi connectivity index (χ4n) is 3.97. The molecular formula is C23H24F2N2O4. The number of rotatable bonds is 5. The standard InChI is InChI=1S/C23H24F2N2O4/c1-13(2)20(27-21(28)19-15(24)6-5-7-16(19)25)22(29)26-14-8-9-17-18(12-14)31-23(30-17)10-3-4-11-23/h5-9,12-13,20H,3-4,10-11H2,1-2H3,(H,26,29)(H,27,28)/t20-/m0/s1. The second kappa shape index (κ2) is 8.17. The minimum Gasteiger partial charge on any atom is -0.448 e. The molecule has 1 atom stereocenters. The smallest absolute Gasteiger partial charge is 0.257 e. The van der Waals surface area contributed by atoms with Gasteiger partial charge in [0.05, 0.1) is 0 Å². The van der Waals surface area contributed by atoms with Gasteiger partial charge in [-0.3, -0.25) is 9.59 Å². The molecule has 1 aliphatic heterocycles. The normalized spacial score (nSPS) is 17.1. The van der Waals surface area contributed by atoms with Crippen LogP contribution in [0.15, 0.2) is 36.4 Å². The van der Waals surface area contributed by atoms with Crippen molar-refractivity contribution in [2.75, 3.05) is 5.32 Å². The molecule has 1 aliphatic carbocycles. The number of hydrogen-bond acceptors (Lipinski definition) is 4. The molecule has 2 N–H and O–H groups in total. The van der Waals surface area contributed by atoms with Crippen molar-refractivity contribution < 1.29 is 27.8 Å². The van der Waals surface area contributed by atoms with Crippen molar-refractivity contribution in [3.05, 3.63) is 53.6 Å². The van der Waals surface area contributed by atoms with Gasteiger partial charge in [0.25, 0.3) is 11.7 Å². The molecule has 164 valence electrons. The van der Waals surface area contributed by atoms with Gasteiger partial charge in [0, 0.05) is 24.6 Å². The van der Waals surface area contributed by atoms with Gasteiger partial charge in [-0.05, 0) is 43.0 Å². The van der Waals surface area contributed by atoms with E-state index in [4.69, 9.17) is 9.47 Å². The summed E-state index contributed by atoms with van der Waals surface area (Å²) in [5.41, 5.74) is -0.245. The van der Waals surface area contributed by atoms with Crippen LogP contribution in [-0.4, -0.2) is 23.6 Å². The highest BCUT2D eigenvalue weighted by Crippen LogP contribution is 2.47. The van der Waals surface area contributed by atoms with E-state index in [1.54, 1.807) is 32.0 Å². The first-order valence-corrected chi connectivity index (χ1v) is 10.4. The summed E-state index contributed by atoms with van der Waals surface area (Å²) < 4.78 is 39.8. The topological polar surface area (TPSA) is 76.7 Å². The Hall–Kier alpha value is -3.16. The summed E-state index contributed by atoms with van der Waals surface area (Å²) in [4.78, 5) is 25.3. The van der Waals surface area contributed by atoms with E-state index in [1.165, 1.54) is 6.07 Å². The van der Waals surface area contributed by atoms with Gasteiger partial charge in [0.15, 0.2) is 11.5 Å². The van der Waals surface area contributed by atoms with E-state index in [9.17, 15) is 18.4 Å². The van der Waals surface area contributed by atoms with Gasteiger partial charge in [-0.2, -0.15) is 0 Å². The fraction of sp³-hybridized carbons (Fsp3) is 0.391. The van der Waals surface area contributed by atoms with E-state index < -0.39 is 40.8 Å². The number of benzene rings is 2. The fourth-order valence-corrected chi connectivity index (χ4v) is 3.97. The predicted octanol–water partition coefficient (Wildman–Crippen LogP) is 4.40. The zero-order valence-electron chi connectivity index (χ0n) is 17.3. The molecule has 2 amide bonds. The van der Waals surface area contributed by atoms with Gasteiger partial charge in [0.2, 0.25) is 5.91 Å². The Bertz CT molecular complexity index is 998. The Labute approximate surface area is 178 Å². The van der Waals surface area contributed by atoms with Crippen LogP contribution >= 0.6 is 0 Å². The van der Waals surface area contributed by atoms with Gasteiger partial charge < -0.3 is 20.1 Å². The second-order valence-electron chi connectivity index (χ2n) is 8.26. The average molecular weight is 430 g/mol. The third-order valence-electron chi connectivity index (χ3n) is 5.59. The third kappa shape index (κ3) is 4.19. The Morgan fingerprint density at radius 2 is 1.65 bits per heavy atom. The van der Waals surface area contributed by atoms with Crippen LogP contribution in [0.4, 0.5) is 14.5 Å². The van der Waals surface area contributed by atoms with Crippen molar-refractivity contribution in [2.24, 2.45) is 5.92 Å². The first kappa shape index (κ1) is 21.1. The van der Waals surface area contributed by atoms with Crippen LogP contribution in [-0.2, 0) is 4.79 Å². The lowest BCUT2D eigenvalue weighted by molar-refractivity contribution is -0.118. The molecule has 1 heterocycles. The van der Waals surface area contributed by atoms with Crippen molar-refractivity contribution >= 4 is 17.5 Å². The molecule has 0 saturated heterocycles. The van der Waals surface area contributed by atoms with Crippen LogP contribution in [0.3, 0.4) is 0 Å². The SMILES string of the molecule is CC(C)[C@H](NC(=O)c1c(F)cccc1F)C(=O)Nc1ccc2c(c1)OC1(CCCC1)O2. The van der Waals surface area contributed by atoms with E-state index in [1.807, 2.05) is 0 Å². The largest absolute Gasteiger partial charge is 0.448 e. The highest BCUT2D eigenvalue weighted by atomic mass is 19.1. The molecule has 0 radical (unpaired) electrons. The molecule has 6 nitrogen and oxygen atoms in total. The van der Waals surface area contributed by atoms with Gasteiger partial charge in [-0.25, -0.2) is 8.78 Å². The van der Waals surface area contributed by atoms with Crippen LogP contribution in [0, 0.1) is 17.6 Å². The molecule has 2 aliphatic rings. The molecular weight excluding hydrogens is 406 g/mol. The van der Waals surface area contributed by atoms with E-state index in [-0.39, 0.29) is 5.92 Å². The van der Waals surface area contributed by atoms with Gasteiger partial charge >= 0.3 is 0 Å². The molecule has 1 spiro atoms. The number of hydrogen-bond donors (Lipinski definition) is 2. The molecule has 4 rings (SSSR count). The molecule has 2 aromatic carbocycles. The molecule has 31 heavy (non-hydrogen) atoms. The minimum absolute atomic E-state index is 0.324. The van der Waals surface area contributed by atoms with Crippen molar-refractivity contribution in [1.29, 1.82) is 0 Å². The highest BCUT2D eigenvalue weighted by Gasteiger charge is 2.44. The summed E-state index contributed by atoms with van der Waals surface area (Å²) in [5.74, 6) is -3.22. The van der Waals surface area contributed by atoms with E-state index in [0.717, 1.165) is 37.8 Å². The van der Waals surface area contributed by atoms with E-state index in [2.05, 4.69) is 10.6 Å². The summed E-state index contributed by atoms with van der Waals surface area (Å²) in [5, 5.41) is 5.18. The summed E-state index contributed by atoms with van der Waals surface area (Å²) in [6.07, 6.45) is 3.71. The molecule has 2 aromatic rings. The lowest BCUT2D eigenvalue weighted by Gasteiger charge is -2.22. The highest BCUT2D eigenvalue weighted by molar-refractivity contribution is 6.01. The Morgan fingerprint density at radius 1 is 1.00 bits per heavy atom. The number of carbonyl (C=O) groups is 2. The summed E-state index contributed by atoms with van der Waals surface area (Å²) in [6.45, 7) is 3.46. The van der Waals surface area contributed by atoms with E-state index >= 15 is 0 Å². The number of amides is 2. The lowest BCUT2D eigenvalue weighted by Crippen LogP contribution is -2.47. The monoisotopic (exact) mass is 430 g/mol. The number of halogens is 2. The molecule has 1 fully saturated rings. The number of fused-ring (bicyclic) bond motifs is 1. The number of ether oxygens (including phenoxy) is 2. The van der Waals surface area contributed by atoms with Crippen LogP contribution in [0.2, 0.25) is 0 Å². The predicted molar refractivity (Wildman–Crippen MR) is 110 cm³/mol. The molecule has 1 saturated carbocycles. The first-order valence-electron chi connectivity index (χ1n) is 10.4. The number of anilines is 1. The second-order valence-corrected chi connectivity index (χ2v) is 8.26. The van der Waals surface area contributed by atoms with Crippen molar-refractivity contribution in [1.82, 2.24) is 5.32 Å². The molecule has 0 bridgehead atoms. The first-order chi connectivity index (χ1) is 14.8. The minimum atomic E-state index is -1.00. The maximum absolute atomic E-state index is 13.9. The van der Waals surface area contributed by atoms with Crippen LogP contribution in [0.25, 0.3) is 0 Å². The maximum atomic E-state index is 13.9. The Kier molecular flexibility index (Phi) is 5.56. The molecule has 0 unspecified atom stereocenters. The summed E-state index contributed by atoms with van der Waals surface area (Å²) in [7, 11) is 0. The van der Waals surface area contributed by atoms with E-state index in [0.29, 0.717) is 17.2 Å². The van der Waals surface area contributed by atoms with Crippen LogP contribution in [0.1, 0.15) is 49.9 Å². The summed E-state index contributed by atoms with van der Waals surface area (Å²) >= 11 is 0. The zero-order chi connectivity index (χ0) is 22.2. The number of carbonyl (C=O) groups excluding carboxylic acids is 2. The van der Waals surface area contributed by atoms with Crippen molar-refractivity contribution in [3.63, 3.8) is 0 Å². The zero-order valence-corrected chi connectivity index (χ0v) is 17.3. The van der Waals surface area contributed by atoms with Gasteiger partial charge in [-0.1, -0.05) is 19.9 Å². The van der Waals surface area contributed by atoms with Crippen molar-refractivity contribution in [2.45, 2.75) is 51.4 Å². The van der Waals surface area contributed by atoms with Crippen LogP contribution < -0.4 is 20.1 Å². The average Bonchev–Trinajstić information content (AvgIpc) is 3.31.